The Labute approximate surface area is 118 Å². The maximum absolute atomic E-state index is 11.2. The molecule has 0 fully saturated rings. The molecule has 3 nitrogen and oxygen atoms in total. The van der Waals surface area contributed by atoms with Gasteiger partial charge in [-0.15, -0.1) is 0 Å². The van der Waals surface area contributed by atoms with E-state index in [9.17, 15) is 4.21 Å². The van der Waals surface area contributed by atoms with Gasteiger partial charge in [0.25, 0.3) is 0 Å². The maximum atomic E-state index is 11.2. The molecule has 1 aliphatic rings. The van der Waals surface area contributed by atoms with Crippen LogP contribution in [0.1, 0.15) is 24.5 Å². The van der Waals surface area contributed by atoms with Crippen LogP contribution in [-0.4, -0.2) is 35.9 Å². The molecule has 0 aromatic heterocycles. The van der Waals surface area contributed by atoms with Crippen molar-refractivity contribution in [3.63, 3.8) is 0 Å². The monoisotopic (exact) mass is 280 g/mol. The average molecular weight is 280 g/mol. The lowest BCUT2D eigenvalue weighted by atomic mass is 10.1. The van der Waals surface area contributed by atoms with E-state index in [0.29, 0.717) is 0 Å². The molecule has 4 heteroatoms. The molecule has 1 heterocycles. The van der Waals surface area contributed by atoms with Gasteiger partial charge in [0.2, 0.25) is 0 Å². The Kier molecular flexibility index (Phi) is 4.99. The number of hydrogen-bond acceptors (Lipinski definition) is 3. The van der Waals surface area contributed by atoms with Crippen molar-refractivity contribution in [3.05, 3.63) is 29.3 Å². The predicted molar refractivity (Wildman–Crippen MR) is 83.3 cm³/mol. The van der Waals surface area contributed by atoms with E-state index in [4.69, 9.17) is 0 Å². The van der Waals surface area contributed by atoms with Crippen LogP contribution in [0, 0.1) is 0 Å². The first-order chi connectivity index (χ1) is 9.08. The molecule has 0 bridgehead atoms. The molecule has 0 amide bonds. The van der Waals surface area contributed by atoms with Gasteiger partial charge in [-0.1, -0.05) is 19.1 Å². The van der Waals surface area contributed by atoms with Gasteiger partial charge in [-0.2, -0.15) is 0 Å². The van der Waals surface area contributed by atoms with Crippen molar-refractivity contribution in [2.24, 2.45) is 0 Å². The van der Waals surface area contributed by atoms with Crippen molar-refractivity contribution >= 4 is 16.5 Å². The summed E-state index contributed by atoms with van der Waals surface area (Å²) in [4.78, 5) is 2.31. The number of benzene rings is 1. The third kappa shape index (κ3) is 3.80. The van der Waals surface area contributed by atoms with Crippen LogP contribution in [0.25, 0.3) is 0 Å². The number of fused-ring (bicyclic) bond motifs is 1. The number of nitrogens with one attached hydrogen (secondary N) is 1. The topological polar surface area (TPSA) is 32.3 Å². The lowest BCUT2D eigenvalue weighted by molar-refractivity contribution is 0.629. The second-order valence-corrected chi connectivity index (χ2v) is 7.21. The Balaban J connectivity index is 1.80. The Bertz CT molecular complexity index is 461. The van der Waals surface area contributed by atoms with Crippen molar-refractivity contribution in [2.45, 2.75) is 31.6 Å². The van der Waals surface area contributed by atoms with Crippen LogP contribution in [0.3, 0.4) is 0 Å². The first kappa shape index (κ1) is 14.5. The Hall–Kier alpha value is -0.870. The van der Waals surface area contributed by atoms with Crippen molar-refractivity contribution in [1.82, 2.24) is 5.32 Å². The highest BCUT2D eigenvalue weighted by Gasteiger charge is 2.15. The molecular formula is C15H24N2OS. The molecule has 2 rings (SSSR count). The van der Waals surface area contributed by atoms with E-state index in [2.05, 4.69) is 35.5 Å². The molecule has 2 unspecified atom stereocenters. The van der Waals surface area contributed by atoms with E-state index in [1.807, 2.05) is 6.92 Å². The lowest BCUT2D eigenvalue weighted by Crippen LogP contribution is -2.21. The third-order valence-electron chi connectivity index (χ3n) is 3.90. The fraction of sp³-hybridized carbons (Fsp3) is 0.600. The predicted octanol–water partition coefficient (Wildman–Crippen LogP) is 1.93. The highest BCUT2D eigenvalue weighted by Crippen LogP contribution is 2.27. The van der Waals surface area contributed by atoms with Crippen LogP contribution in [0.5, 0.6) is 0 Å². The van der Waals surface area contributed by atoms with E-state index in [0.717, 1.165) is 32.5 Å². The van der Waals surface area contributed by atoms with Crippen molar-refractivity contribution < 1.29 is 4.21 Å². The quantitative estimate of drug-likeness (QED) is 0.808. The van der Waals surface area contributed by atoms with Gasteiger partial charge in [0.15, 0.2) is 0 Å². The average Bonchev–Trinajstić information content (AvgIpc) is 2.75. The molecule has 0 saturated heterocycles. The summed E-state index contributed by atoms with van der Waals surface area (Å²) in [6.07, 6.45) is 3.91. The number of nitrogens with zero attached hydrogens (tertiary/aromatic N) is 1. The van der Waals surface area contributed by atoms with Gasteiger partial charge >= 0.3 is 0 Å². The minimum atomic E-state index is -0.708. The number of rotatable bonds is 6. The summed E-state index contributed by atoms with van der Waals surface area (Å²) >= 11 is 0. The summed E-state index contributed by atoms with van der Waals surface area (Å²) < 4.78 is 11.2. The molecule has 0 aliphatic carbocycles. The minimum Gasteiger partial charge on any atom is -0.374 e. The van der Waals surface area contributed by atoms with Gasteiger partial charge < -0.3 is 10.2 Å². The van der Waals surface area contributed by atoms with Crippen LogP contribution in [0.2, 0.25) is 0 Å². The second kappa shape index (κ2) is 6.53. The summed E-state index contributed by atoms with van der Waals surface area (Å²) in [6.45, 7) is 5.01. The molecule has 19 heavy (non-hydrogen) atoms. The van der Waals surface area contributed by atoms with Crippen LogP contribution in [0.4, 0.5) is 5.69 Å². The third-order valence-corrected chi connectivity index (χ3v) is 5.26. The molecule has 0 saturated carbocycles. The smallest absolute Gasteiger partial charge is 0.0397 e. The van der Waals surface area contributed by atoms with Gasteiger partial charge in [-0.3, -0.25) is 4.21 Å². The molecule has 1 N–H and O–H groups in total. The normalized spacial score (nSPS) is 17.3. The number of hydrogen-bond donors (Lipinski definition) is 1. The lowest BCUT2D eigenvalue weighted by Gasteiger charge is -2.13. The number of anilines is 1. The van der Waals surface area contributed by atoms with Crippen molar-refractivity contribution in [2.75, 3.05) is 31.3 Å². The van der Waals surface area contributed by atoms with Crippen molar-refractivity contribution in [3.8, 4) is 0 Å². The summed E-state index contributed by atoms with van der Waals surface area (Å²) in [7, 11) is 1.44. The van der Waals surface area contributed by atoms with Crippen LogP contribution < -0.4 is 10.2 Å². The summed E-state index contributed by atoms with van der Waals surface area (Å²) in [5.41, 5.74) is 4.18. The summed E-state index contributed by atoms with van der Waals surface area (Å²) in [6, 6.07) is 6.74. The molecule has 0 radical (unpaired) electrons. The fourth-order valence-corrected chi connectivity index (χ4v) is 2.88. The van der Waals surface area contributed by atoms with Gasteiger partial charge in [-0.25, -0.2) is 0 Å². The fourth-order valence-electron chi connectivity index (χ4n) is 2.43. The SMILES string of the molecule is CC(CCNCc1ccc2c(c1)CCN2C)S(C)=O. The van der Waals surface area contributed by atoms with E-state index in [1.165, 1.54) is 16.8 Å². The maximum Gasteiger partial charge on any atom is 0.0397 e. The largest absolute Gasteiger partial charge is 0.374 e. The van der Waals surface area contributed by atoms with Crippen LogP contribution in [-0.2, 0) is 23.8 Å². The highest BCUT2D eigenvalue weighted by molar-refractivity contribution is 7.84. The molecule has 106 valence electrons. The van der Waals surface area contributed by atoms with Gasteiger partial charge in [-0.05, 0) is 36.6 Å². The summed E-state index contributed by atoms with van der Waals surface area (Å²) in [5.74, 6) is 0. The van der Waals surface area contributed by atoms with E-state index < -0.39 is 10.8 Å². The van der Waals surface area contributed by atoms with Crippen LogP contribution >= 0.6 is 0 Å². The van der Waals surface area contributed by atoms with Gasteiger partial charge in [0.05, 0.1) is 0 Å². The first-order valence-electron chi connectivity index (χ1n) is 6.94. The molecular weight excluding hydrogens is 256 g/mol. The van der Waals surface area contributed by atoms with Crippen LogP contribution in [0.15, 0.2) is 18.2 Å². The standard InChI is InChI=1S/C15H24N2OS/c1-12(19(3)18)6-8-16-11-13-4-5-15-14(10-13)7-9-17(15)2/h4-5,10,12,16H,6-9,11H2,1-3H3. The first-order valence-corrected chi connectivity index (χ1v) is 8.56. The molecule has 1 aliphatic heterocycles. The second-order valence-electron chi connectivity index (χ2n) is 5.41. The van der Waals surface area contributed by atoms with E-state index in [1.54, 1.807) is 6.26 Å². The zero-order valence-electron chi connectivity index (χ0n) is 12.1. The Morgan fingerprint density at radius 1 is 1.47 bits per heavy atom. The van der Waals surface area contributed by atoms with E-state index >= 15 is 0 Å². The van der Waals surface area contributed by atoms with Gasteiger partial charge in [0.1, 0.15) is 0 Å². The number of likely N-dealkylation sites (N-methyl/N-ethyl adjacent to an activating group) is 1. The molecule has 2 atom stereocenters. The van der Waals surface area contributed by atoms with E-state index in [-0.39, 0.29) is 5.25 Å². The minimum absolute atomic E-state index is 0.279. The zero-order chi connectivity index (χ0) is 13.8. The molecule has 1 aromatic carbocycles. The summed E-state index contributed by atoms with van der Waals surface area (Å²) in [5, 5.41) is 3.72. The Morgan fingerprint density at radius 2 is 2.26 bits per heavy atom. The molecule has 1 aromatic rings. The Morgan fingerprint density at radius 3 is 3.00 bits per heavy atom. The molecule has 0 spiro atoms. The van der Waals surface area contributed by atoms with Gasteiger partial charge in [0, 0.05) is 48.1 Å². The zero-order valence-corrected chi connectivity index (χ0v) is 12.9. The highest BCUT2D eigenvalue weighted by atomic mass is 32.2. The van der Waals surface area contributed by atoms with Crippen molar-refractivity contribution in [1.29, 1.82) is 0 Å².